The van der Waals surface area contributed by atoms with Crippen LogP contribution in [0.3, 0.4) is 0 Å². The second-order valence-corrected chi connectivity index (χ2v) is 5.82. The van der Waals surface area contributed by atoms with Crippen LogP contribution < -0.4 is 0 Å². The normalized spacial score (nSPS) is 24.1. The summed E-state index contributed by atoms with van der Waals surface area (Å²) >= 11 is 0. The summed E-state index contributed by atoms with van der Waals surface area (Å²) in [5.74, 6) is 0. The van der Waals surface area contributed by atoms with Crippen LogP contribution in [0.15, 0.2) is 0 Å². The average molecular weight is 227 g/mol. The monoisotopic (exact) mass is 227 g/mol. The number of carbonyl (C=O) groups is 1. The van der Waals surface area contributed by atoms with E-state index in [1.165, 1.54) is 6.42 Å². The van der Waals surface area contributed by atoms with Crippen molar-refractivity contribution in [1.82, 2.24) is 4.90 Å². The molecule has 2 fully saturated rings. The van der Waals surface area contributed by atoms with E-state index in [1.807, 2.05) is 20.8 Å². The minimum atomic E-state index is -0.409. The van der Waals surface area contributed by atoms with Crippen LogP contribution >= 0.6 is 0 Å². The van der Waals surface area contributed by atoms with Gasteiger partial charge < -0.3 is 14.4 Å². The lowest BCUT2D eigenvalue weighted by Gasteiger charge is -2.51. The van der Waals surface area contributed by atoms with Crippen LogP contribution in [0.25, 0.3) is 0 Å². The molecule has 4 nitrogen and oxygen atoms in total. The maximum Gasteiger partial charge on any atom is 0.410 e. The van der Waals surface area contributed by atoms with Crippen LogP contribution in [-0.4, -0.2) is 41.9 Å². The molecule has 0 saturated carbocycles. The Morgan fingerprint density at radius 3 is 2.50 bits per heavy atom. The van der Waals surface area contributed by atoms with Gasteiger partial charge in [-0.1, -0.05) is 0 Å². The highest BCUT2D eigenvalue weighted by Crippen LogP contribution is 2.34. The number of likely N-dealkylation sites (tertiary alicyclic amines) is 1. The first-order valence-corrected chi connectivity index (χ1v) is 6.02. The van der Waals surface area contributed by atoms with E-state index in [0.717, 1.165) is 19.4 Å². The Morgan fingerprint density at radius 1 is 1.31 bits per heavy atom. The number of ether oxygens (including phenoxy) is 2. The quantitative estimate of drug-likeness (QED) is 0.636. The van der Waals surface area contributed by atoms with Crippen molar-refractivity contribution in [1.29, 1.82) is 0 Å². The standard InChI is InChI=1S/C12H21NO3/c1-11(2,3)16-10(14)13-8-12(9-13)6-4-5-7-15-12/h4-9H2,1-3H3. The number of hydrogen-bond donors (Lipinski definition) is 0. The van der Waals surface area contributed by atoms with Gasteiger partial charge in [-0.3, -0.25) is 0 Å². The van der Waals surface area contributed by atoms with E-state index >= 15 is 0 Å². The van der Waals surface area contributed by atoms with Crippen molar-refractivity contribution in [3.63, 3.8) is 0 Å². The Bertz CT molecular complexity index is 268. The summed E-state index contributed by atoms with van der Waals surface area (Å²) in [5, 5.41) is 0. The Kier molecular flexibility index (Phi) is 2.86. The molecule has 4 heteroatoms. The van der Waals surface area contributed by atoms with Crippen LogP contribution in [0.5, 0.6) is 0 Å². The van der Waals surface area contributed by atoms with Gasteiger partial charge >= 0.3 is 6.09 Å². The van der Waals surface area contributed by atoms with Gasteiger partial charge in [0, 0.05) is 6.61 Å². The van der Waals surface area contributed by atoms with Gasteiger partial charge in [0.1, 0.15) is 11.2 Å². The van der Waals surface area contributed by atoms with E-state index < -0.39 is 5.60 Å². The van der Waals surface area contributed by atoms with Crippen molar-refractivity contribution in [2.75, 3.05) is 19.7 Å². The topological polar surface area (TPSA) is 38.8 Å². The molecule has 2 aliphatic rings. The molecular formula is C12H21NO3. The van der Waals surface area contributed by atoms with E-state index in [0.29, 0.717) is 13.1 Å². The van der Waals surface area contributed by atoms with Crippen molar-refractivity contribution in [3.8, 4) is 0 Å². The fraction of sp³-hybridized carbons (Fsp3) is 0.917. The van der Waals surface area contributed by atoms with Gasteiger partial charge in [-0.15, -0.1) is 0 Å². The van der Waals surface area contributed by atoms with Gasteiger partial charge in [0.05, 0.1) is 13.1 Å². The van der Waals surface area contributed by atoms with Crippen molar-refractivity contribution in [3.05, 3.63) is 0 Å². The van der Waals surface area contributed by atoms with Gasteiger partial charge in [0.15, 0.2) is 0 Å². The summed E-state index contributed by atoms with van der Waals surface area (Å²) in [4.78, 5) is 13.4. The third-order valence-electron chi connectivity index (χ3n) is 3.04. The molecule has 16 heavy (non-hydrogen) atoms. The van der Waals surface area contributed by atoms with Gasteiger partial charge in [0.25, 0.3) is 0 Å². The summed E-state index contributed by atoms with van der Waals surface area (Å²) in [5.41, 5.74) is -0.456. The van der Waals surface area contributed by atoms with E-state index in [9.17, 15) is 4.79 Å². The van der Waals surface area contributed by atoms with Gasteiger partial charge in [-0.25, -0.2) is 4.79 Å². The van der Waals surface area contributed by atoms with Crippen LogP contribution in [0.4, 0.5) is 4.79 Å². The molecule has 0 aromatic heterocycles. The average Bonchev–Trinajstić information content (AvgIpc) is 2.12. The van der Waals surface area contributed by atoms with E-state index in [1.54, 1.807) is 4.90 Å². The molecule has 0 bridgehead atoms. The first kappa shape index (κ1) is 11.7. The Labute approximate surface area is 96.9 Å². The van der Waals surface area contributed by atoms with Gasteiger partial charge in [0.2, 0.25) is 0 Å². The summed E-state index contributed by atoms with van der Waals surface area (Å²) in [6, 6.07) is 0. The Balaban J connectivity index is 1.81. The second kappa shape index (κ2) is 3.91. The van der Waals surface area contributed by atoms with Crippen LogP contribution in [0.1, 0.15) is 40.0 Å². The largest absolute Gasteiger partial charge is 0.444 e. The summed E-state index contributed by atoms with van der Waals surface area (Å²) in [6.07, 6.45) is 3.22. The molecule has 2 saturated heterocycles. The Hall–Kier alpha value is -0.770. The van der Waals surface area contributed by atoms with E-state index in [-0.39, 0.29) is 11.7 Å². The highest BCUT2D eigenvalue weighted by molar-refractivity contribution is 5.69. The predicted molar refractivity (Wildman–Crippen MR) is 60.3 cm³/mol. The van der Waals surface area contributed by atoms with Gasteiger partial charge in [-0.2, -0.15) is 0 Å². The van der Waals surface area contributed by atoms with Crippen LogP contribution in [0.2, 0.25) is 0 Å². The number of hydrogen-bond acceptors (Lipinski definition) is 3. The van der Waals surface area contributed by atoms with Crippen molar-refractivity contribution in [2.24, 2.45) is 0 Å². The molecule has 0 aromatic rings. The molecule has 0 unspecified atom stereocenters. The molecule has 0 atom stereocenters. The minimum absolute atomic E-state index is 0.0465. The summed E-state index contributed by atoms with van der Waals surface area (Å²) in [7, 11) is 0. The van der Waals surface area contributed by atoms with E-state index in [2.05, 4.69) is 0 Å². The molecule has 2 rings (SSSR count). The van der Waals surface area contributed by atoms with Crippen LogP contribution in [0, 0.1) is 0 Å². The summed E-state index contributed by atoms with van der Waals surface area (Å²) < 4.78 is 11.1. The van der Waals surface area contributed by atoms with E-state index in [4.69, 9.17) is 9.47 Å². The SMILES string of the molecule is CC(C)(C)OC(=O)N1CC2(CCCCO2)C1. The lowest BCUT2D eigenvalue weighted by Crippen LogP contribution is -2.66. The first-order valence-electron chi connectivity index (χ1n) is 6.02. The zero-order chi connectivity index (χ0) is 11.8. The predicted octanol–water partition coefficient (Wildman–Crippen LogP) is 2.18. The van der Waals surface area contributed by atoms with Crippen molar-refractivity contribution >= 4 is 6.09 Å². The first-order chi connectivity index (χ1) is 7.40. The third-order valence-corrected chi connectivity index (χ3v) is 3.04. The molecule has 2 heterocycles. The number of nitrogens with zero attached hydrogens (tertiary/aromatic N) is 1. The Morgan fingerprint density at radius 2 is 2.00 bits per heavy atom. The molecular weight excluding hydrogens is 206 g/mol. The fourth-order valence-corrected chi connectivity index (χ4v) is 2.26. The highest BCUT2D eigenvalue weighted by atomic mass is 16.6. The summed E-state index contributed by atoms with van der Waals surface area (Å²) in [6.45, 7) is 7.89. The van der Waals surface area contributed by atoms with Crippen molar-refractivity contribution in [2.45, 2.75) is 51.2 Å². The fourth-order valence-electron chi connectivity index (χ4n) is 2.26. The maximum absolute atomic E-state index is 11.7. The number of amides is 1. The number of carbonyl (C=O) groups excluding carboxylic acids is 1. The van der Waals surface area contributed by atoms with Crippen LogP contribution in [-0.2, 0) is 9.47 Å². The molecule has 1 amide bonds. The maximum atomic E-state index is 11.7. The lowest BCUT2D eigenvalue weighted by atomic mass is 9.86. The smallest absolute Gasteiger partial charge is 0.410 e. The highest BCUT2D eigenvalue weighted by Gasteiger charge is 2.48. The zero-order valence-corrected chi connectivity index (χ0v) is 10.4. The lowest BCUT2D eigenvalue weighted by molar-refractivity contribution is -0.160. The molecule has 92 valence electrons. The zero-order valence-electron chi connectivity index (χ0n) is 10.4. The minimum Gasteiger partial charge on any atom is -0.444 e. The molecule has 0 aliphatic carbocycles. The van der Waals surface area contributed by atoms with Crippen molar-refractivity contribution < 1.29 is 14.3 Å². The molecule has 0 aromatic carbocycles. The molecule has 2 aliphatic heterocycles. The molecule has 0 radical (unpaired) electrons. The molecule has 0 N–H and O–H groups in total. The van der Waals surface area contributed by atoms with Gasteiger partial charge in [-0.05, 0) is 40.0 Å². The molecule has 1 spiro atoms. The number of rotatable bonds is 0. The third kappa shape index (κ3) is 2.48. The second-order valence-electron chi connectivity index (χ2n) is 5.82.